The Kier molecular flexibility index (Phi) is 7.24. The number of carbonyl (C=O) groups is 2. The topological polar surface area (TPSA) is 98.5 Å². The first-order valence-electron chi connectivity index (χ1n) is 8.28. The Labute approximate surface area is 150 Å². The van der Waals surface area contributed by atoms with Crippen LogP contribution in [0, 0.1) is 16.0 Å². The van der Waals surface area contributed by atoms with Crippen LogP contribution in [0.1, 0.15) is 32.6 Å². The number of carbonyl (C=O) groups excluding carboxylic acids is 2. The van der Waals surface area contributed by atoms with Gasteiger partial charge in [0.15, 0.2) is 6.61 Å². The van der Waals surface area contributed by atoms with Crippen molar-refractivity contribution in [3.8, 4) is 0 Å². The first-order chi connectivity index (χ1) is 12.0. The third-order valence-corrected chi connectivity index (χ3v) is 5.21. The summed E-state index contributed by atoms with van der Waals surface area (Å²) >= 11 is 1.21. The molecule has 0 heterocycles. The lowest BCUT2D eigenvalue weighted by atomic mass is 9.86. The molecule has 0 radical (unpaired) electrons. The van der Waals surface area contributed by atoms with Crippen molar-refractivity contribution in [1.82, 2.24) is 5.32 Å². The summed E-state index contributed by atoms with van der Waals surface area (Å²) < 4.78 is 4.98. The van der Waals surface area contributed by atoms with E-state index < -0.39 is 10.9 Å². The van der Waals surface area contributed by atoms with E-state index in [9.17, 15) is 19.7 Å². The lowest BCUT2D eigenvalue weighted by Gasteiger charge is -2.29. The van der Waals surface area contributed by atoms with Gasteiger partial charge in [0.2, 0.25) is 0 Å². The molecule has 25 heavy (non-hydrogen) atoms. The Balaban J connectivity index is 1.67. The number of nitrogens with zero attached hydrogens (tertiary/aromatic N) is 1. The van der Waals surface area contributed by atoms with E-state index in [0.717, 1.165) is 24.2 Å². The van der Waals surface area contributed by atoms with Gasteiger partial charge in [-0.2, -0.15) is 0 Å². The number of nitrogens with one attached hydrogen (secondary N) is 1. The summed E-state index contributed by atoms with van der Waals surface area (Å²) in [5, 5.41) is 13.5. The Bertz CT molecular complexity index is 620. The number of nitro benzene ring substituents is 1. The van der Waals surface area contributed by atoms with Crippen LogP contribution in [-0.4, -0.2) is 35.2 Å². The molecule has 1 fully saturated rings. The summed E-state index contributed by atoms with van der Waals surface area (Å²) in [6, 6.07) is 6.08. The number of rotatable bonds is 7. The fraction of sp³-hybridized carbons (Fsp3) is 0.529. The molecule has 2 atom stereocenters. The fourth-order valence-electron chi connectivity index (χ4n) is 2.77. The predicted molar refractivity (Wildman–Crippen MR) is 94.3 cm³/mol. The van der Waals surface area contributed by atoms with Gasteiger partial charge in [0.05, 0.1) is 10.7 Å². The van der Waals surface area contributed by atoms with Crippen molar-refractivity contribution in [3.63, 3.8) is 0 Å². The molecule has 136 valence electrons. The van der Waals surface area contributed by atoms with Crippen LogP contribution in [0.5, 0.6) is 0 Å². The quantitative estimate of drug-likeness (QED) is 0.345. The zero-order chi connectivity index (χ0) is 18.2. The second kappa shape index (κ2) is 9.41. The number of amides is 1. The minimum absolute atomic E-state index is 0.000499. The largest absolute Gasteiger partial charge is 0.455 e. The summed E-state index contributed by atoms with van der Waals surface area (Å²) in [6.45, 7) is 1.85. The molecule has 0 aromatic heterocycles. The van der Waals surface area contributed by atoms with Gasteiger partial charge in [-0.1, -0.05) is 19.8 Å². The molecule has 1 amide bonds. The van der Waals surface area contributed by atoms with E-state index in [4.69, 9.17) is 4.74 Å². The molecule has 1 N–H and O–H groups in total. The zero-order valence-electron chi connectivity index (χ0n) is 14.1. The van der Waals surface area contributed by atoms with Crippen molar-refractivity contribution in [2.75, 3.05) is 12.4 Å². The number of hydrogen-bond acceptors (Lipinski definition) is 6. The molecule has 1 aliphatic carbocycles. The number of nitro groups is 1. The Morgan fingerprint density at radius 2 is 1.96 bits per heavy atom. The van der Waals surface area contributed by atoms with Crippen molar-refractivity contribution in [2.45, 2.75) is 43.5 Å². The van der Waals surface area contributed by atoms with Gasteiger partial charge >= 0.3 is 5.97 Å². The summed E-state index contributed by atoms with van der Waals surface area (Å²) in [4.78, 5) is 34.4. The molecule has 1 aromatic carbocycles. The van der Waals surface area contributed by atoms with Crippen molar-refractivity contribution in [2.24, 2.45) is 5.92 Å². The van der Waals surface area contributed by atoms with Gasteiger partial charge in [-0.3, -0.25) is 19.7 Å². The number of esters is 1. The van der Waals surface area contributed by atoms with E-state index >= 15 is 0 Å². The molecule has 0 spiro atoms. The number of ether oxygens (including phenoxy) is 1. The third kappa shape index (κ3) is 6.38. The highest BCUT2D eigenvalue weighted by Crippen LogP contribution is 2.24. The van der Waals surface area contributed by atoms with Crippen LogP contribution in [0.25, 0.3) is 0 Å². The maximum Gasteiger partial charge on any atom is 0.316 e. The van der Waals surface area contributed by atoms with Gasteiger partial charge in [0, 0.05) is 23.1 Å². The van der Waals surface area contributed by atoms with Crippen LogP contribution in [-0.2, 0) is 14.3 Å². The second-order valence-corrected chi connectivity index (χ2v) is 7.18. The fourth-order valence-corrected chi connectivity index (χ4v) is 3.47. The molecule has 0 aliphatic heterocycles. The number of benzene rings is 1. The van der Waals surface area contributed by atoms with Gasteiger partial charge in [-0.25, -0.2) is 0 Å². The number of thioether (sulfide) groups is 1. The van der Waals surface area contributed by atoms with Crippen LogP contribution in [0.4, 0.5) is 5.69 Å². The minimum Gasteiger partial charge on any atom is -0.455 e. The Morgan fingerprint density at radius 1 is 1.28 bits per heavy atom. The molecule has 1 aliphatic rings. The molecular weight excluding hydrogens is 344 g/mol. The van der Waals surface area contributed by atoms with Gasteiger partial charge in [-0.05, 0) is 30.9 Å². The lowest BCUT2D eigenvalue weighted by Crippen LogP contribution is -2.43. The summed E-state index contributed by atoms with van der Waals surface area (Å²) in [6.07, 6.45) is 4.39. The molecular formula is C17H22N2O5S. The number of non-ortho nitro benzene ring substituents is 1. The van der Waals surface area contributed by atoms with E-state index in [0.29, 0.717) is 5.92 Å². The molecule has 1 aromatic rings. The average molecular weight is 366 g/mol. The highest BCUT2D eigenvalue weighted by Gasteiger charge is 2.23. The van der Waals surface area contributed by atoms with Crippen molar-refractivity contribution in [3.05, 3.63) is 34.4 Å². The van der Waals surface area contributed by atoms with Crippen LogP contribution in [0.15, 0.2) is 29.2 Å². The van der Waals surface area contributed by atoms with Crippen molar-refractivity contribution >= 4 is 29.3 Å². The van der Waals surface area contributed by atoms with Crippen LogP contribution < -0.4 is 5.32 Å². The molecule has 0 bridgehead atoms. The van der Waals surface area contributed by atoms with Gasteiger partial charge < -0.3 is 10.1 Å². The molecule has 0 saturated heterocycles. The Morgan fingerprint density at radius 3 is 2.60 bits per heavy atom. The zero-order valence-corrected chi connectivity index (χ0v) is 14.9. The minimum atomic E-state index is -0.491. The SMILES string of the molecule is C[C@H]1CCCC[C@@H]1NC(=O)COC(=O)CSc1ccc([N+](=O)[O-])cc1. The Hall–Kier alpha value is -2.09. The van der Waals surface area contributed by atoms with Crippen molar-refractivity contribution in [1.29, 1.82) is 0 Å². The van der Waals surface area contributed by atoms with Crippen LogP contribution >= 0.6 is 11.8 Å². The molecule has 8 heteroatoms. The van der Waals surface area contributed by atoms with Gasteiger partial charge in [0.1, 0.15) is 0 Å². The molecule has 7 nitrogen and oxygen atoms in total. The van der Waals surface area contributed by atoms with Crippen LogP contribution in [0.2, 0.25) is 0 Å². The standard InChI is InChI=1S/C17H22N2O5S/c1-12-4-2-3-5-15(12)18-16(20)10-24-17(21)11-25-14-8-6-13(7-9-14)19(22)23/h6-9,12,15H,2-5,10-11H2,1H3,(H,18,20)/t12-,15-/m0/s1. The van der Waals surface area contributed by atoms with Crippen LogP contribution in [0.3, 0.4) is 0 Å². The molecule has 0 unspecified atom stereocenters. The van der Waals surface area contributed by atoms with E-state index in [-0.39, 0.29) is 30.0 Å². The predicted octanol–water partition coefficient (Wildman–Crippen LogP) is 2.93. The maximum absolute atomic E-state index is 11.9. The maximum atomic E-state index is 11.9. The smallest absolute Gasteiger partial charge is 0.316 e. The second-order valence-electron chi connectivity index (χ2n) is 6.14. The summed E-state index contributed by atoms with van der Waals surface area (Å²) in [7, 11) is 0. The first kappa shape index (κ1) is 19.2. The van der Waals surface area contributed by atoms with Gasteiger partial charge in [0.25, 0.3) is 11.6 Å². The normalized spacial score (nSPS) is 19.9. The highest BCUT2D eigenvalue weighted by atomic mass is 32.2. The summed E-state index contributed by atoms with van der Waals surface area (Å²) in [5.41, 5.74) is 0.000499. The third-order valence-electron chi connectivity index (χ3n) is 4.23. The van der Waals surface area contributed by atoms with E-state index in [1.165, 1.54) is 30.3 Å². The number of hydrogen-bond donors (Lipinski definition) is 1. The van der Waals surface area contributed by atoms with E-state index in [1.54, 1.807) is 12.1 Å². The van der Waals surface area contributed by atoms with Gasteiger partial charge in [-0.15, -0.1) is 11.8 Å². The average Bonchev–Trinajstić information content (AvgIpc) is 2.60. The first-order valence-corrected chi connectivity index (χ1v) is 9.26. The van der Waals surface area contributed by atoms with E-state index in [2.05, 4.69) is 12.2 Å². The molecule has 1 saturated carbocycles. The lowest BCUT2D eigenvalue weighted by molar-refractivity contribution is -0.384. The molecule has 2 rings (SSSR count). The van der Waals surface area contributed by atoms with E-state index in [1.807, 2.05) is 0 Å². The summed E-state index contributed by atoms with van der Waals surface area (Å²) in [5.74, 6) is -0.265. The van der Waals surface area contributed by atoms with Crippen molar-refractivity contribution < 1.29 is 19.2 Å². The monoisotopic (exact) mass is 366 g/mol. The highest BCUT2D eigenvalue weighted by molar-refractivity contribution is 8.00.